The van der Waals surface area contributed by atoms with Crippen LogP contribution in [0.3, 0.4) is 0 Å². The third kappa shape index (κ3) is 4.76. The molecule has 0 saturated heterocycles. The molecule has 4 aromatic rings. The molecule has 0 atom stereocenters. The molecule has 0 N–H and O–H groups in total. The average Bonchev–Trinajstić information content (AvgIpc) is 3.24. The van der Waals surface area contributed by atoms with Crippen molar-refractivity contribution in [3.05, 3.63) is 101 Å². The Morgan fingerprint density at radius 1 is 0.838 bits per heavy atom. The van der Waals surface area contributed by atoms with Crippen LogP contribution in [0.2, 0.25) is 0 Å². The normalized spacial score (nSPS) is 12.8. The molecule has 0 saturated carbocycles. The van der Waals surface area contributed by atoms with Crippen LogP contribution in [-0.4, -0.2) is 28.3 Å². The van der Waals surface area contributed by atoms with Crippen molar-refractivity contribution < 1.29 is 20.1 Å². The van der Waals surface area contributed by atoms with Gasteiger partial charge in [-0.2, -0.15) is 0 Å². The standard InChI is InChI=1S/C32H35BN3.Ir/c1-21(2)26-17-12-18-27(22(3)4)30(26)36-31-28(34-32(36)25-15-9-8-10-16-25)19-20-35(7)33(31)29-23(5)13-11-14-24(29)6;/h8-15,17-22H,1-7H3;/q-1;. The van der Waals surface area contributed by atoms with Crippen LogP contribution in [0.15, 0.2) is 66.9 Å². The second kappa shape index (κ2) is 10.9. The number of hydrogen-bond donors (Lipinski definition) is 0. The van der Waals surface area contributed by atoms with E-state index in [-0.39, 0.29) is 27.0 Å². The largest absolute Gasteiger partial charge is 0.414 e. The summed E-state index contributed by atoms with van der Waals surface area (Å²) in [5.74, 6) is 1.70. The molecule has 1 aliphatic rings. The van der Waals surface area contributed by atoms with Gasteiger partial charge in [-0.05, 0) is 61.6 Å². The molecule has 5 heteroatoms. The molecule has 1 radical (unpaired) electrons. The first-order valence-corrected chi connectivity index (χ1v) is 13.0. The van der Waals surface area contributed by atoms with Crippen LogP contribution in [-0.2, 0) is 20.1 Å². The van der Waals surface area contributed by atoms with Crippen molar-refractivity contribution >= 4 is 24.0 Å². The number of fused-ring (bicyclic) bond motifs is 1. The van der Waals surface area contributed by atoms with E-state index in [2.05, 4.69) is 125 Å². The van der Waals surface area contributed by atoms with Crippen LogP contribution in [0.1, 0.15) is 67.5 Å². The van der Waals surface area contributed by atoms with Crippen LogP contribution < -0.4 is 11.1 Å². The molecule has 0 bridgehead atoms. The van der Waals surface area contributed by atoms with Gasteiger partial charge in [-0.15, -0.1) is 35.9 Å². The van der Waals surface area contributed by atoms with E-state index in [1.54, 1.807) is 0 Å². The number of benzene rings is 3. The van der Waals surface area contributed by atoms with E-state index in [0.29, 0.717) is 11.8 Å². The minimum Gasteiger partial charge on any atom is -0.414 e. The fourth-order valence-corrected chi connectivity index (χ4v) is 5.61. The SMILES string of the molecule is Cc1cccc(C)c1B1c2c(nc(-c3[c-]cccc3)n2-c2c(C(C)C)cccc2C(C)C)C=CN1C.[Ir]. The van der Waals surface area contributed by atoms with Gasteiger partial charge in [0.1, 0.15) is 0 Å². The van der Waals surface area contributed by atoms with Gasteiger partial charge in [-0.25, -0.2) is 0 Å². The Balaban J connectivity index is 0.00000320. The zero-order chi connectivity index (χ0) is 25.6. The molecule has 0 aliphatic carbocycles. The van der Waals surface area contributed by atoms with E-state index in [1.807, 2.05) is 12.1 Å². The molecule has 5 rings (SSSR count). The minimum atomic E-state index is 0. The molecule has 191 valence electrons. The molecular formula is C32H35BIrN3-. The van der Waals surface area contributed by atoms with Gasteiger partial charge >= 0.3 is 6.85 Å². The fraction of sp³-hybridized carbons (Fsp3) is 0.281. The number of para-hydroxylation sites is 1. The molecule has 1 aliphatic heterocycles. The van der Waals surface area contributed by atoms with Crippen LogP contribution in [0, 0.1) is 19.9 Å². The van der Waals surface area contributed by atoms with Crippen molar-refractivity contribution in [3.63, 3.8) is 0 Å². The maximum Gasteiger partial charge on any atom is 0.342 e. The van der Waals surface area contributed by atoms with Crippen LogP contribution >= 0.6 is 0 Å². The molecule has 0 unspecified atom stereocenters. The minimum absolute atomic E-state index is 0. The molecule has 0 amide bonds. The summed E-state index contributed by atoms with van der Waals surface area (Å²) in [4.78, 5) is 7.62. The van der Waals surface area contributed by atoms with E-state index in [0.717, 1.165) is 17.1 Å². The van der Waals surface area contributed by atoms with Crippen LogP contribution in [0.5, 0.6) is 0 Å². The zero-order valence-electron chi connectivity index (χ0n) is 22.8. The quantitative estimate of drug-likeness (QED) is 0.187. The third-order valence-corrected chi connectivity index (χ3v) is 7.41. The second-order valence-corrected chi connectivity index (χ2v) is 10.6. The molecule has 3 nitrogen and oxygen atoms in total. The topological polar surface area (TPSA) is 21.1 Å². The van der Waals surface area contributed by atoms with E-state index >= 15 is 0 Å². The number of aromatic nitrogens is 2. The van der Waals surface area contributed by atoms with Gasteiger partial charge in [0.05, 0.1) is 11.5 Å². The Morgan fingerprint density at radius 3 is 2.03 bits per heavy atom. The van der Waals surface area contributed by atoms with Crippen molar-refractivity contribution in [3.8, 4) is 17.1 Å². The molecule has 0 spiro atoms. The third-order valence-electron chi connectivity index (χ3n) is 7.41. The summed E-state index contributed by atoms with van der Waals surface area (Å²) in [5, 5.41) is 0. The summed E-state index contributed by atoms with van der Waals surface area (Å²) in [6.45, 7) is 13.7. The zero-order valence-corrected chi connectivity index (χ0v) is 25.2. The van der Waals surface area contributed by atoms with Crippen molar-refractivity contribution in [2.24, 2.45) is 0 Å². The van der Waals surface area contributed by atoms with Crippen molar-refractivity contribution in [2.75, 3.05) is 7.05 Å². The van der Waals surface area contributed by atoms with Crippen molar-refractivity contribution in [1.29, 1.82) is 0 Å². The maximum atomic E-state index is 5.29. The number of aryl methyl sites for hydroxylation is 2. The van der Waals surface area contributed by atoms with Crippen LogP contribution in [0.4, 0.5) is 0 Å². The van der Waals surface area contributed by atoms with E-state index in [1.165, 1.54) is 39.0 Å². The molecule has 2 heterocycles. The maximum absolute atomic E-state index is 5.29. The Kier molecular flexibility index (Phi) is 7.97. The molecule has 3 aromatic carbocycles. The van der Waals surface area contributed by atoms with Gasteiger partial charge in [0, 0.05) is 31.4 Å². The van der Waals surface area contributed by atoms with Gasteiger partial charge in [0.25, 0.3) is 0 Å². The van der Waals surface area contributed by atoms with E-state index in [9.17, 15) is 0 Å². The monoisotopic (exact) mass is 665 g/mol. The summed E-state index contributed by atoms with van der Waals surface area (Å²) in [5.41, 5.74) is 11.2. The number of imidazole rings is 1. The predicted octanol–water partition coefficient (Wildman–Crippen LogP) is 6.22. The van der Waals surface area contributed by atoms with Gasteiger partial charge in [-0.3, -0.25) is 4.98 Å². The summed E-state index contributed by atoms with van der Waals surface area (Å²) < 4.78 is 2.46. The number of hydrogen-bond acceptors (Lipinski definition) is 2. The first-order valence-electron chi connectivity index (χ1n) is 13.0. The average molecular weight is 665 g/mol. The fourth-order valence-electron chi connectivity index (χ4n) is 5.61. The van der Waals surface area contributed by atoms with Gasteiger partial charge in [-0.1, -0.05) is 75.2 Å². The Bertz CT molecular complexity index is 1390. The smallest absolute Gasteiger partial charge is 0.342 e. The number of rotatable bonds is 5. The Labute approximate surface area is 236 Å². The molecule has 1 aromatic heterocycles. The number of nitrogens with zero attached hydrogens (tertiary/aromatic N) is 3. The molecule has 37 heavy (non-hydrogen) atoms. The molecular weight excluding hydrogens is 629 g/mol. The van der Waals surface area contributed by atoms with Gasteiger partial charge in [0.2, 0.25) is 0 Å². The van der Waals surface area contributed by atoms with Gasteiger partial charge in [0.15, 0.2) is 0 Å². The first-order chi connectivity index (χ1) is 17.3. The molecule has 0 fully saturated rings. The van der Waals surface area contributed by atoms with Crippen molar-refractivity contribution in [1.82, 2.24) is 14.4 Å². The van der Waals surface area contributed by atoms with Crippen LogP contribution in [0.25, 0.3) is 23.2 Å². The summed E-state index contributed by atoms with van der Waals surface area (Å²) >= 11 is 0. The summed E-state index contributed by atoms with van der Waals surface area (Å²) in [7, 11) is 2.18. The Morgan fingerprint density at radius 2 is 1.46 bits per heavy atom. The van der Waals surface area contributed by atoms with Gasteiger partial charge < -0.3 is 9.38 Å². The second-order valence-electron chi connectivity index (χ2n) is 10.6. The van der Waals surface area contributed by atoms with E-state index < -0.39 is 0 Å². The summed E-state index contributed by atoms with van der Waals surface area (Å²) in [6.07, 6.45) is 4.34. The first kappa shape index (κ1) is 27.2. The summed E-state index contributed by atoms with van der Waals surface area (Å²) in [6, 6.07) is 25.1. The Hall–Kier alpha value is -2.88. The van der Waals surface area contributed by atoms with Crippen molar-refractivity contribution in [2.45, 2.75) is 53.4 Å². The predicted molar refractivity (Wildman–Crippen MR) is 154 cm³/mol. The van der Waals surface area contributed by atoms with E-state index in [4.69, 9.17) is 4.98 Å².